The van der Waals surface area contributed by atoms with E-state index in [0.29, 0.717) is 38.2 Å². The molecule has 2 aromatic heterocycles. The third-order valence-corrected chi connectivity index (χ3v) is 5.74. The number of anilines is 1. The normalized spacial score (nSPS) is 15.1. The van der Waals surface area contributed by atoms with Gasteiger partial charge in [0.25, 0.3) is 5.91 Å². The van der Waals surface area contributed by atoms with Crippen LogP contribution in [0, 0.1) is 0 Å². The summed E-state index contributed by atoms with van der Waals surface area (Å²) in [5, 5.41) is 6.89. The lowest BCUT2D eigenvalue weighted by atomic mass is 10.0. The number of nitrogens with two attached hydrogens (primary N) is 1. The van der Waals surface area contributed by atoms with Gasteiger partial charge in [0.05, 0.1) is 15.3 Å². The molecule has 1 saturated heterocycles. The standard InChI is InChI=1S/C16H19BrN4O4S/c1-2-24-16(23)21-7-5-9(6-8-21)19-15(22)12-13(20-25-14(12)18)10-3-4-11(17)26-10/h3-4,9H,2,5-8,18H2,1H3,(H,19,22). The van der Waals surface area contributed by atoms with Crippen LogP contribution in [0.2, 0.25) is 0 Å². The van der Waals surface area contributed by atoms with Crippen LogP contribution < -0.4 is 11.1 Å². The average Bonchev–Trinajstić information content (AvgIpc) is 3.21. The minimum Gasteiger partial charge on any atom is -0.450 e. The Labute approximate surface area is 162 Å². The number of aromatic nitrogens is 1. The number of hydrogen-bond acceptors (Lipinski definition) is 7. The molecule has 140 valence electrons. The molecular weight excluding hydrogens is 424 g/mol. The quantitative estimate of drug-likeness (QED) is 0.752. The van der Waals surface area contributed by atoms with Crippen molar-refractivity contribution in [1.82, 2.24) is 15.4 Å². The highest BCUT2D eigenvalue weighted by atomic mass is 79.9. The summed E-state index contributed by atoms with van der Waals surface area (Å²) in [6, 6.07) is 3.67. The Balaban J connectivity index is 1.65. The minimum absolute atomic E-state index is 0.00835. The van der Waals surface area contributed by atoms with Gasteiger partial charge in [-0.05, 0) is 47.8 Å². The Morgan fingerprint density at radius 2 is 2.19 bits per heavy atom. The summed E-state index contributed by atoms with van der Waals surface area (Å²) in [5.74, 6) is -0.330. The molecule has 8 nitrogen and oxygen atoms in total. The molecule has 3 N–H and O–H groups in total. The van der Waals surface area contributed by atoms with Gasteiger partial charge >= 0.3 is 6.09 Å². The van der Waals surface area contributed by atoms with Gasteiger partial charge in [-0.25, -0.2) is 4.79 Å². The fourth-order valence-corrected chi connectivity index (χ4v) is 4.18. The highest BCUT2D eigenvalue weighted by Crippen LogP contribution is 2.34. The number of hydrogen-bond donors (Lipinski definition) is 2. The zero-order valence-corrected chi connectivity index (χ0v) is 16.6. The monoisotopic (exact) mass is 442 g/mol. The fourth-order valence-electron chi connectivity index (χ4n) is 2.81. The molecule has 0 spiro atoms. The average molecular weight is 443 g/mol. The highest BCUT2D eigenvalue weighted by Gasteiger charge is 2.28. The van der Waals surface area contributed by atoms with Gasteiger partial charge in [0.2, 0.25) is 5.88 Å². The molecule has 0 atom stereocenters. The van der Waals surface area contributed by atoms with Crippen LogP contribution in [0.3, 0.4) is 0 Å². The Bertz CT molecular complexity index is 798. The number of amides is 2. The number of piperidine rings is 1. The van der Waals surface area contributed by atoms with E-state index < -0.39 is 0 Å². The zero-order chi connectivity index (χ0) is 18.7. The number of nitrogens with one attached hydrogen (secondary N) is 1. The molecule has 1 aliphatic heterocycles. The Hall–Kier alpha value is -2.07. The molecular formula is C16H19BrN4O4S. The Morgan fingerprint density at radius 1 is 1.46 bits per heavy atom. The van der Waals surface area contributed by atoms with E-state index in [2.05, 4.69) is 26.4 Å². The first kappa shape index (κ1) is 18.7. The Morgan fingerprint density at radius 3 is 2.81 bits per heavy atom. The molecule has 10 heteroatoms. The van der Waals surface area contributed by atoms with Crippen LogP contribution in [-0.4, -0.2) is 47.8 Å². The van der Waals surface area contributed by atoms with E-state index in [4.69, 9.17) is 15.0 Å². The van der Waals surface area contributed by atoms with Crippen molar-refractivity contribution in [2.45, 2.75) is 25.8 Å². The van der Waals surface area contributed by atoms with Crippen LogP contribution in [0.5, 0.6) is 0 Å². The van der Waals surface area contributed by atoms with E-state index in [9.17, 15) is 9.59 Å². The van der Waals surface area contributed by atoms with Crippen LogP contribution in [-0.2, 0) is 4.74 Å². The van der Waals surface area contributed by atoms with Crippen molar-refractivity contribution < 1.29 is 18.8 Å². The van der Waals surface area contributed by atoms with E-state index in [1.54, 1.807) is 11.8 Å². The molecule has 0 aromatic carbocycles. The van der Waals surface area contributed by atoms with E-state index in [-0.39, 0.29) is 29.5 Å². The van der Waals surface area contributed by atoms with E-state index in [0.717, 1.165) is 8.66 Å². The van der Waals surface area contributed by atoms with Gasteiger partial charge in [-0.3, -0.25) is 4.79 Å². The molecule has 0 unspecified atom stereocenters. The lowest BCUT2D eigenvalue weighted by molar-refractivity contribution is 0.0861. The van der Waals surface area contributed by atoms with Crippen molar-refractivity contribution >= 4 is 45.2 Å². The summed E-state index contributed by atoms with van der Waals surface area (Å²) in [6.45, 7) is 3.20. The largest absolute Gasteiger partial charge is 0.450 e. The first-order valence-corrected chi connectivity index (χ1v) is 9.84. The maximum absolute atomic E-state index is 12.7. The van der Waals surface area contributed by atoms with Gasteiger partial charge in [0.1, 0.15) is 11.3 Å². The second-order valence-electron chi connectivity index (χ2n) is 5.81. The summed E-state index contributed by atoms with van der Waals surface area (Å²) in [6.07, 6.45) is 0.983. The molecule has 0 radical (unpaired) electrons. The number of nitrogen functional groups attached to an aromatic ring is 1. The molecule has 2 aromatic rings. The maximum Gasteiger partial charge on any atom is 0.409 e. The third-order valence-electron chi connectivity index (χ3n) is 4.11. The number of nitrogens with zero attached hydrogens (tertiary/aromatic N) is 2. The summed E-state index contributed by atoms with van der Waals surface area (Å²) in [4.78, 5) is 26.9. The van der Waals surface area contributed by atoms with Gasteiger partial charge in [0, 0.05) is 19.1 Å². The first-order valence-electron chi connectivity index (χ1n) is 8.23. The Kier molecular flexibility index (Phi) is 5.82. The van der Waals surface area contributed by atoms with Gasteiger partial charge in [0.15, 0.2) is 0 Å². The number of likely N-dealkylation sites (tertiary alicyclic amines) is 1. The second kappa shape index (κ2) is 8.09. The van der Waals surface area contributed by atoms with Crippen LogP contribution in [0.4, 0.5) is 10.7 Å². The molecule has 1 aliphatic rings. The van der Waals surface area contributed by atoms with Crippen molar-refractivity contribution in [3.63, 3.8) is 0 Å². The molecule has 1 fully saturated rings. The number of rotatable bonds is 4. The molecule has 0 aliphatic carbocycles. The van der Waals surface area contributed by atoms with E-state index in [1.165, 1.54) is 11.3 Å². The van der Waals surface area contributed by atoms with E-state index in [1.807, 2.05) is 12.1 Å². The van der Waals surface area contributed by atoms with Crippen molar-refractivity contribution in [3.05, 3.63) is 21.5 Å². The van der Waals surface area contributed by atoms with Crippen LogP contribution >= 0.6 is 27.3 Å². The first-order chi connectivity index (χ1) is 12.5. The molecule has 3 rings (SSSR count). The van der Waals surface area contributed by atoms with E-state index >= 15 is 0 Å². The van der Waals surface area contributed by atoms with Crippen LogP contribution in [0.15, 0.2) is 20.4 Å². The van der Waals surface area contributed by atoms with Crippen LogP contribution in [0.1, 0.15) is 30.1 Å². The van der Waals surface area contributed by atoms with Crippen LogP contribution in [0.25, 0.3) is 10.6 Å². The number of ether oxygens (including phenoxy) is 1. The SMILES string of the molecule is CCOC(=O)N1CCC(NC(=O)c2c(-c3ccc(Br)s3)noc2N)CC1. The summed E-state index contributed by atoms with van der Waals surface area (Å²) < 4.78 is 11.0. The lowest BCUT2D eigenvalue weighted by Crippen LogP contribution is -2.46. The van der Waals surface area contributed by atoms with Crippen molar-refractivity contribution in [2.75, 3.05) is 25.4 Å². The molecule has 2 amide bonds. The smallest absolute Gasteiger partial charge is 0.409 e. The minimum atomic E-state index is -0.321. The van der Waals surface area contributed by atoms with Crippen molar-refractivity contribution in [2.24, 2.45) is 0 Å². The molecule has 0 saturated carbocycles. The predicted octanol–water partition coefficient (Wildman–Crippen LogP) is 3.10. The number of carbonyl (C=O) groups is 2. The number of halogens is 1. The zero-order valence-electron chi connectivity index (χ0n) is 14.2. The van der Waals surface area contributed by atoms with Gasteiger partial charge in [-0.2, -0.15) is 0 Å². The fraction of sp³-hybridized carbons (Fsp3) is 0.438. The lowest BCUT2D eigenvalue weighted by Gasteiger charge is -2.31. The van der Waals surface area contributed by atoms with Crippen molar-refractivity contribution in [3.8, 4) is 10.6 Å². The molecule has 0 bridgehead atoms. The number of carbonyl (C=O) groups excluding carboxylic acids is 2. The number of thiophene rings is 1. The molecule has 3 heterocycles. The summed E-state index contributed by atoms with van der Waals surface area (Å²) in [5.41, 5.74) is 6.49. The van der Waals surface area contributed by atoms with Gasteiger partial charge in [-0.15, -0.1) is 11.3 Å². The van der Waals surface area contributed by atoms with Gasteiger partial charge < -0.3 is 25.2 Å². The summed E-state index contributed by atoms with van der Waals surface area (Å²) in [7, 11) is 0. The van der Waals surface area contributed by atoms with Crippen molar-refractivity contribution in [1.29, 1.82) is 0 Å². The third kappa shape index (κ3) is 4.01. The second-order valence-corrected chi connectivity index (χ2v) is 8.27. The molecule has 26 heavy (non-hydrogen) atoms. The van der Waals surface area contributed by atoms with Gasteiger partial charge in [-0.1, -0.05) is 5.16 Å². The highest BCUT2D eigenvalue weighted by molar-refractivity contribution is 9.11. The summed E-state index contributed by atoms with van der Waals surface area (Å²) >= 11 is 4.83. The predicted molar refractivity (Wildman–Crippen MR) is 101 cm³/mol. The topological polar surface area (TPSA) is 111 Å². The maximum atomic E-state index is 12.7.